The predicted molar refractivity (Wildman–Crippen MR) is 35.8 cm³/mol. The second kappa shape index (κ2) is 16.0. The first-order valence-electron chi connectivity index (χ1n) is 3.67. The minimum Gasteiger partial charge on any atom is -0.861 e. The molecule has 0 aromatic carbocycles. The van der Waals surface area contributed by atoms with E-state index in [2.05, 4.69) is 4.43 Å². The summed E-state index contributed by atoms with van der Waals surface area (Å²) in [6.45, 7) is 4.08. The van der Waals surface area contributed by atoms with Gasteiger partial charge in [0.15, 0.2) is 0 Å². The van der Waals surface area contributed by atoms with E-state index in [0.717, 1.165) is 6.42 Å². The van der Waals surface area contributed by atoms with Gasteiger partial charge in [-0.25, -0.2) is 0 Å². The Morgan fingerprint density at radius 3 is 1.79 bits per heavy atom. The molecule has 0 unspecified atom stereocenters. The van der Waals surface area contributed by atoms with E-state index in [1.54, 1.807) is 0 Å². The Morgan fingerprint density at radius 1 is 1.07 bits per heavy atom. The second-order valence-electron chi connectivity index (χ2n) is 2.88. The van der Waals surface area contributed by atoms with E-state index < -0.39 is 9.05 Å². The Labute approximate surface area is 215 Å². The van der Waals surface area contributed by atoms with E-state index >= 15 is 0 Å². The molecule has 0 bridgehead atoms. The Hall–Kier alpha value is 4.97. The van der Waals surface area contributed by atoms with Crippen LogP contribution in [0.25, 0.3) is 0 Å². The van der Waals surface area contributed by atoms with Crippen LogP contribution in [0.3, 0.4) is 0 Å². The summed E-state index contributed by atoms with van der Waals surface area (Å²) in [7, 11) is -4.98. The maximum atomic E-state index is 9.95. The summed E-state index contributed by atoms with van der Waals surface area (Å²) in [5.41, 5.74) is 0. The van der Waals surface area contributed by atoms with Crippen molar-refractivity contribution in [1.29, 1.82) is 0 Å². The van der Waals surface area contributed by atoms with Crippen LogP contribution in [0.15, 0.2) is 0 Å². The third-order valence-corrected chi connectivity index (χ3v) is 1.76. The molecule has 0 heterocycles. The van der Waals surface area contributed by atoms with Gasteiger partial charge in [-0.05, 0) is 18.8 Å². The van der Waals surface area contributed by atoms with Gasteiger partial charge in [-0.2, -0.15) is 0 Å². The van der Waals surface area contributed by atoms with E-state index in [0.29, 0.717) is 12.3 Å². The molecule has 0 radical (unpaired) electrons. The van der Waals surface area contributed by atoms with Crippen LogP contribution < -0.4 is 169 Å². The van der Waals surface area contributed by atoms with Gasteiger partial charge in [-0.3, -0.25) is 0 Å². The predicted octanol–water partition coefficient (Wildman–Crippen LogP) is -11.0. The van der Waals surface area contributed by atoms with E-state index in [1.165, 1.54) is 0 Å². The van der Waals surface area contributed by atoms with Crippen LogP contribution in [0.4, 0.5) is 0 Å². The third kappa shape index (κ3) is 25.7. The summed E-state index contributed by atoms with van der Waals surface area (Å²) in [5, 5.41) is 0. The van der Waals surface area contributed by atoms with Crippen molar-refractivity contribution in [3.05, 3.63) is 0 Å². The first kappa shape index (κ1) is 27.3. The largest absolute Gasteiger partial charge is 1.00 e. The summed E-state index contributed by atoms with van der Waals surface area (Å²) in [6.07, 6.45) is 1.50. The summed E-state index contributed by atoms with van der Waals surface area (Å²) in [4.78, 5) is 29.9. The molecule has 0 aliphatic heterocycles. The molecule has 68 valence electrons. The first-order valence-corrected chi connectivity index (χ1v) is 5.30. The molecule has 14 heavy (non-hydrogen) atoms. The molecule has 0 aromatic heterocycles. The maximum Gasteiger partial charge on any atom is 1.00 e. The normalized spacial score (nSPS) is 9.86. The fourth-order valence-electron chi connectivity index (χ4n) is 0.689. The van der Waals surface area contributed by atoms with Crippen molar-refractivity contribution in [3.8, 4) is 0 Å². The Morgan fingerprint density at radius 2 is 1.50 bits per heavy atom. The van der Waals surface area contributed by atoms with Crippen LogP contribution in [-0.2, 0) is 4.43 Å². The van der Waals surface area contributed by atoms with Crippen molar-refractivity contribution in [2.75, 3.05) is 6.61 Å². The van der Waals surface area contributed by atoms with Gasteiger partial charge in [0.1, 0.15) is 0 Å². The zero-order chi connectivity index (χ0) is 8.91. The molecule has 0 atom stereocenters. The number of hydrogen-bond acceptors (Lipinski definition) is 4. The molecule has 0 saturated heterocycles. The minimum atomic E-state index is -4.98. The average Bonchev–Trinajstić information content (AvgIpc) is 1.78. The molecule has 0 aliphatic rings. The Bertz CT molecular complexity index is 110. The monoisotopic (exact) mass is 294 g/mol. The van der Waals surface area contributed by atoms with Crippen molar-refractivity contribution in [3.63, 3.8) is 0 Å². The quantitative estimate of drug-likeness (QED) is 0.373. The van der Waals surface area contributed by atoms with Gasteiger partial charge in [-0.15, -0.1) is 9.05 Å². The summed E-state index contributed by atoms with van der Waals surface area (Å²) < 4.78 is 4.05. The van der Waals surface area contributed by atoms with Crippen LogP contribution in [0, 0.1) is 5.92 Å². The molecule has 8 heteroatoms. The molecule has 0 rings (SSSR count). The van der Waals surface area contributed by atoms with Crippen molar-refractivity contribution in [2.45, 2.75) is 26.7 Å². The molecule has 0 fully saturated rings. The van der Waals surface area contributed by atoms with Crippen molar-refractivity contribution < 1.29 is 173 Å². The van der Waals surface area contributed by atoms with E-state index in [4.69, 9.17) is 0 Å². The summed E-state index contributed by atoms with van der Waals surface area (Å²) in [5.74, 6) is 0.514. The van der Waals surface area contributed by atoms with Crippen molar-refractivity contribution in [2.24, 2.45) is 5.92 Å². The topological polar surface area (TPSA) is 78.4 Å². The molecule has 4 nitrogen and oxygen atoms in total. The van der Waals surface area contributed by atoms with Crippen molar-refractivity contribution in [1.82, 2.24) is 0 Å². The molecule has 0 aromatic rings. The van der Waals surface area contributed by atoms with E-state index in [9.17, 15) is 14.4 Å². The van der Waals surface area contributed by atoms with E-state index in [-0.39, 0.29) is 161 Å². The zero-order valence-corrected chi connectivity index (χ0v) is 20.2. The second-order valence-corrected chi connectivity index (χ2v) is 4.17. The third-order valence-electron chi connectivity index (χ3n) is 1.20. The molecule has 0 amide bonds. The average molecular weight is 295 g/mol. The Balaban J connectivity index is -0.000000167. The summed E-state index contributed by atoms with van der Waals surface area (Å²) in [6, 6.07) is 0. The van der Waals surface area contributed by atoms with Crippen LogP contribution in [0.5, 0.6) is 0 Å². The smallest absolute Gasteiger partial charge is 0.861 e. The number of hydrogen-bond donors (Lipinski definition) is 0. The van der Waals surface area contributed by atoms with Crippen LogP contribution in [-0.4, -0.2) is 15.7 Å². The van der Waals surface area contributed by atoms with Crippen LogP contribution in [0.2, 0.25) is 0 Å². The molecule has 0 spiro atoms. The fourth-order valence-corrected chi connectivity index (χ4v) is 1.08. The molecule has 0 saturated carbocycles. The minimum absolute atomic E-state index is 0. The SMILES string of the molecule is CC(C)CCCO[Si]([O-])([O-])[O-].[K+].[K+].[K+]. The number of rotatable bonds is 5. The van der Waals surface area contributed by atoms with Gasteiger partial charge < -0.3 is 18.8 Å². The van der Waals surface area contributed by atoms with Gasteiger partial charge in [-0.1, -0.05) is 13.8 Å². The van der Waals surface area contributed by atoms with Crippen LogP contribution in [0.1, 0.15) is 26.7 Å². The molecule has 0 aliphatic carbocycles. The molecular formula is C6H13K3O4Si. The molecular weight excluding hydrogens is 281 g/mol. The first-order chi connectivity index (χ1) is 4.92. The van der Waals surface area contributed by atoms with Gasteiger partial charge in [0.25, 0.3) is 0 Å². The Kier molecular flexibility index (Phi) is 31.3. The van der Waals surface area contributed by atoms with Gasteiger partial charge >= 0.3 is 154 Å². The van der Waals surface area contributed by atoms with E-state index in [1.807, 2.05) is 13.8 Å². The zero-order valence-electron chi connectivity index (χ0n) is 9.83. The van der Waals surface area contributed by atoms with Gasteiger partial charge in [0.2, 0.25) is 0 Å². The van der Waals surface area contributed by atoms with Gasteiger partial charge in [0, 0.05) is 6.61 Å². The van der Waals surface area contributed by atoms with Crippen molar-refractivity contribution >= 4 is 9.05 Å². The standard InChI is InChI=1S/C6H13O4Si.3K/c1-6(2)4-3-5-10-11(7,8)9;;;/h6H,3-5H2,1-2H3;;;/q-3;3*+1. The summed E-state index contributed by atoms with van der Waals surface area (Å²) >= 11 is 0. The van der Waals surface area contributed by atoms with Crippen LogP contribution >= 0.6 is 0 Å². The van der Waals surface area contributed by atoms with Gasteiger partial charge in [0.05, 0.1) is 0 Å². The maximum absolute atomic E-state index is 9.95. The fraction of sp³-hybridized carbons (Fsp3) is 1.00. The molecule has 0 N–H and O–H groups in total.